The maximum Gasteiger partial charge on any atom is 0.307 e. The summed E-state index contributed by atoms with van der Waals surface area (Å²) < 4.78 is 0. The van der Waals surface area contributed by atoms with Crippen LogP contribution < -0.4 is 0 Å². The summed E-state index contributed by atoms with van der Waals surface area (Å²) in [6.45, 7) is 0. The van der Waals surface area contributed by atoms with Gasteiger partial charge in [-0.3, -0.25) is 4.79 Å². The molecule has 0 aliphatic carbocycles. The normalized spacial score (nSPS) is 9.68. The number of hydrogen-bond acceptors (Lipinski definition) is 2. The van der Waals surface area contributed by atoms with Gasteiger partial charge in [0.15, 0.2) is 0 Å². The Morgan fingerprint density at radius 1 is 1.16 bits per heavy atom. The number of hydrogen-bond donors (Lipinski definition) is 1. The van der Waals surface area contributed by atoms with Crippen LogP contribution >= 0.6 is 0 Å². The molecule has 0 bridgehead atoms. The molecule has 0 aliphatic rings. The van der Waals surface area contributed by atoms with Crippen LogP contribution in [-0.4, -0.2) is 11.1 Å². The molecule has 0 radical (unpaired) electrons. The molecule has 1 N–H and O–H groups in total. The molecule has 0 amide bonds. The van der Waals surface area contributed by atoms with Gasteiger partial charge in [-0.2, -0.15) is 0 Å². The molecule has 0 saturated carbocycles. The second kappa shape index (κ2) is 5.71. The van der Waals surface area contributed by atoms with E-state index in [4.69, 9.17) is 10.6 Å². The maximum absolute atomic E-state index is 10.6. The first kappa shape index (κ1) is 12.7. The van der Waals surface area contributed by atoms with Crippen molar-refractivity contribution in [2.24, 2.45) is 5.11 Å². The van der Waals surface area contributed by atoms with E-state index in [1.165, 1.54) is 0 Å². The number of aliphatic carboxylic acids is 1. The monoisotopic (exact) mass is 253 g/mol. The zero-order valence-corrected chi connectivity index (χ0v) is 10.0. The minimum Gasteiger partial charge on any atom is -0.481 e. The zero-order valence-electron chi connectivity index (χ0n) is 10.0. The molecular formula is C14H11N3O2. The van der Waals surface area contributed by atoms with E-state index in [-0.39, 0.29) is 6.42 Å². The van der Waals surface area contributed by atoms with Crippen molar-refractivity contribution >= 4 is 11.7 Å². The lowest BCUT2D eigenvalue weighted by Crippen LogP contribution is -1.99. The number of nitrogens with zero attached hydrogens (tertiary/aromatic N) is 3. The summed E-state index contributed by atoms with van der Waals surface area (Å²) in [6.07, 6.45) is 0.0129. The van der Waals surface area contributed by atoms with E-state index >= 15 is 0 Å². The third-order valence-electron chi connectivity index (χ3n) is 2.65. The quantitative estimate of drug-likeness (QED) is 0.508. The summed E-state index contributed by atoms with van der Waals surface area (Å²) in [5, 5.41) is 12.3. The van der Waals surface area contributed by atoms with Gasteiger partial charge in [-0.25, -0.2) is 0 Å². The first-order chi connectivity index (χ1) is 9.19. The molecule has 0 fully saturated rings. The van der Waals surface area contributed by atoms with Gasteiger partial charge in [0.25, 0.3) is 0 Å². The summed E-state index contributed by atoms with van der Waals surface area (Å²) in [5.74, 6) is -0.849. The van der Waals surface area contributed by atoms with Gasteiger partial charge in [-0.15, -0.1) is 0 Å². The van der Waals surface area contributed by atoms with E-state index in [0.29, 0.717) is 5.69 Å². The van der Waals surface area contributed by atoms with Crippen molar-refractivity contribution in [3.8, 4) is 11.1 Å². The number of azide groups is 1. The van der Waals surface area contributed by atoms with E-state index in [0.717, 1.165) is 16.7 Å². The van der Waals surface area contributed by atoms with Crippen LogP contribution in [0.25, 0.3) is 21.6 Å². The fraction of sp³-hybridized carbons (Fsp3) is 0.0714. The number of carboxylic acid groups (broad SMARTS) is 1. The molecular weight excluding hydrogens is 242 g/mol. The Balaban J connectivity index is 2.29. The molecule has 2 aromatic rings. The van der Waals surface area contributed by atoms with Crippen LogP contribution in [0.3, 0.4) is 0 Å². The van der Waals surface area contributed by atoms with Gasteiger partial charge in [-0.05, 0) is 28.3 Å². The second-order valence-electron chi connectivity index (χ2n) is 4.01. The first-order valence-electron chi connectivity index (χ1n) is 5.65. The predicted octanol–water partition coefficient (Wildman–Crippen LogP) is 3.92. The highest BCUT2D eigenvalue weighted by molar-refractivity contribution is 5.71. The molecule has 0 aromatic heterocycles. The van der Waals surface area contributed by atoms with Gasteiger partial charge in [0, 0.05) is 10.6 Å². The van der Waals surface area contributed by atoms with Crippen LogP contribution in [0.1, 0.15) is 5.56 Å². The third-order valence-corrected chi connectivity index (χ3v) is 2.65. The van der Waals surface area contributed by atoms with Gasteiger partial charge in [-0.1, -0.05) is 47.6 Å². The van der Waals surface area contributed by atoms with Crippen molar-refractivity contribution in [3.05, 3.63) is 64.5 Å². The Morgan fingerprint density at radius 3 is 2.53 bits per heavy atom. The van der Waals surface area contributed by atoms with Crippen LogP contribution in [0, 0.1) is 0 Å². The highest BCUT2D eigenvalue weighted by Gasteiger charge is 2.02. The third kappa shape index (κ3) is 3.34. The van der Waals surface area contributed by atoms with Gasteiger partial charge in [0.1, 0.15) is 0 Å². The zero-order chi connectivity index (χ0) is 13.7. The van der Waals surface area contributed by atoms with Gasteiger partial charge >= 0.3 is 5.97 Å². The molecule has 0 heterocycles. The number of carbonyl (C=O) groups is 1. The molecule has 0 spiro atoms. The van der Waals surface area contributed by atoms with E-state index in [9.17, 15) is 4.79 Å². The first-order valence-corrected chi connectivity index (χ1v) is 5.65. The SMILES string of the molecule is [N-]=[N+]=Nc1cccc(-c2ccc(CC(=O)O)cc2)c1. The fourth-order valence-electron chi connectivity index (χ4n) is 1.79. The van der Waals surface area contributed by atoms with Crippen molar-refractivity contribution in [2.45, 2.75) is 6.42 Å². The van der Waals surface area contributed by atoms with E-state index in [1.54, 1.807) is 24.3 Å². The molecule has 5 nitrogen and oxygen atoms in total. The summed E-state index contributed by atoms with van der Waals surface area (Å²) in [7, 11) is 0. The van der Waals surface area contributed by atoms with Crippen molar-refractivity contribution in [3.63, 3.8) is 0 Å². The van der Waals surface area contributed by atoms with Crippen LogP contribution in [0.15, 0.2) is 53.6 Å². The minimum atomic E-state index is -0.849. The summed E-state index contributed by atoms with van der Waals surface area (Å²) >= 11 is 0. The molecule has 2 aromatic carbocycles. The van der Waals surface area contributed by atoms with Gasteiger partial charge in [0.05, 0.1) is 6.42 Å². The fourth-order valence-corrected chi connectivity index (χ4v) is 1.79. The average molecular weight is 253 g/mol. The van der Waals surface area contributed by atoms with Gasteiger partial charge < -0.3 is 5.11 Å². The van der Waals surface area contributed by atoms with Gasteiger partial charge in [0.2, 0.25) is 0 Å². The standard InChI is InChI=1S/C14H11N3O2/c15-17-16-13-3-1-2-12(9-13)11-6-4-10(5-7-11)8-14(18)19/h1-7,9H,8H2,(H,18,19). The van der Waals surface area contributed by atoms with Crippen molar-refractivity contribution in [1.82, 2.24) is 0 Å². The molecule has 0 atom stereocenters. The van der Waals surface area contributed by atoms with Crippen molar-refractivity contribution < 1.29 is 9.90 Å². The molecule has 0 aliphatic heterocycles. The topological polar surface area (TPSA) is 86.1 Å². The lowest BCUT2D eigenvalue weighted by Gasteiger charge is -2.04. The Hall–Kier alpha value is -2.78. The van der Waals surface area contributed by atoms with Crippen LogP contribution in [-0.2, 0) is 11.2 Å². The Bertz CT molecular complexity index is 644. The molecule has 2 rings (SSSR count). The smallest absolute Gasteiger partial charge is 0.307 e. The number of benzene rings is 2. The van der Waals surface area contributed by atoms with E-state index in [2.05, 4.69) is 10.0 Å². The summed E-state index contributed by atoms with van der Waals surface area (Å²) in [4.78, 5) is 13.3. The molecule has 0 saturated heterocycles. The largest absolute Gasteiger partial charge is 0.481 e. The van der Waals surface area contributed by atoms with E-state index in [1.807, 2.05) is 24.3 Å². The Morgan fingerprint density at radius 2 is 1.89 bits per heavy atom. The lowest BCUT2D eigenvalue weighted by molar-refractivity contribution is -0.136. The van der Waals surface area contributed by atoms with Crippen molar-refractivity contribution in [1.29, 1.82) is 0 Å². The molecule has 94 valence electrons. The number of carboxylic acids is 1. The predicted molar refractivity (Wildman–Crippen MR) is 72.0 cm³/mol. The second-order valence-corrected chi connectivity index (χ2v) is 4.01. The summed E-state index contributed by atoms with van der Waals surface area (Å²) in [6, 6.07) is 14.5. The highest BCUT2D eigenvalue weighted by Crippen LogP contribution is 2.24. The molecule has 19 heavy (non-hydrogen) atoms. The van der Waals surface area contributed by atoms with Crippen molar-refractivity contribution in [2.75, 3.05) is 0 Å². The molecule has 0 unspecified atom stereocenters. The van der Waals surface area contributed by atoms with E-state index < -0.39 is 5.97 Å². The summed E-state index contributed by atoms with van der Waals surface area (Å²) in [5.41, 5.74) is 11.6. The minimum absolute atomic E-state index is 0.0129. The lowest BCUT2D eigenvalue weighted by atomic mass is 10.0. The van der Waals surface area contributed by atoms with Crippen LogP contribution in [0.4, 0.5) is 5.69 Å². The van der Waals surface area contributed by atoms with Crippen LogP contribution in [0.2, 0.25) is 0 Å². The highest BCUT2D eigenvalue weighted by atomic mass is 16.4. The molecule has 5 heteroatoms. The maximum atomic E-state index is 10.6. The average Bonchev–Trinajstić information content (AvgIpc) is 2.40. The number of rotatable bonds is 4. The Kier molecular flexibility index (Phi) is 3.81. The van der Waals surface area contributed by atoms with Crippen LogP contribution in [0.5, 0.6) is 0 Å². The Labute approximate surface area is 109 Å².